The summed E-state index contributed by atoms with van der Waals surface area (Å²) >= 11 is 1.29. The molecule has 0 aliphatic heterocycles. The summed E-state index contributed by atoms with van der Waals surface area (Å²) in [5, 5.41) is 10.3. The number of rotatable bonds is 7. The summed E-state index contributed by atoms with van der Waals surface area (Å²) in [7, 11) is 0. The summed E-state index contributed by atoms with van der Waals surface area (Å²) in [6.07, 6.45) is -0.0599. The van der Waals surface area contributed by atoms with Crippen LogP contribution in [-0.4, -0.2) is 30.4 Å². The lowest BCUT2D eigenvalue weighted by Gasteiger charge is -2.13. The van der Waals surface area contributed by atoms with E-state index in [-0.39, 0.29) is 6.10 Å². The first-order valence-corrected chi connectivity index (χ1v) is 7.38. The second kappa shape index (κ2) is 6.83. The molecule has 5 heteroatoms. The number of carboxylic acid groups (broad SMARTS) is 1. The Balaban J connectivity index is 2.19. The minimum atomic E-state index is -0.901. The number of aromatic carboxylic acids is 1. The molecule has 1 N–H and O–H groups in total. The first-order valence-electron chi connectivity index (χ1n) is 6.56. The fourth-order valence-electron chi connectivity index (χ4n) is 1.97. The maximum absolute atomic E-state index is 11.3. The van der Waals surface area contributed by atoms with Gasteiger partial charge in [0.15, 0.2) is 0 Å². The van der Waals surface area contributed by atoms with Crippen LogP contribution in [0.25, 0.3) is 10.1 Å². The second-order valence-corrected chi connectivity index (χ2v) is 5.54. The Bertz CT molecular complexity index is 591. The van der Waals surface area contributed by atoms with E-state index in [1.807, 2.05) is 38.1 Å². The fourth-order valence-corrected chi connectivity index (χ4v) is 3.02. The molecule has 1 atom stereocenters. The number of thiophene rings is 1. The van der Waals surface area contributed by atoms with Gasteiger partial charge < -0.3 is 14.6 Å². The SMILES string of the molecule is CCOCC(C)OCc1c(C(=O)O)sc2ccccc12. The molecule has 0 saturated carbocycles. The van der Waals surface area contributed by atoms with E-state index in [1.54, 1.807) is 0 Å². The van der Waals surface area contributed by atoms with Crippen LogP contribution in [0.5, 0.6) is 0 Å². The molecule has 1 aromatic carbocycles. The van der Waals surface area contributed by atoms with E-state index < -0.39 is 5.97 Å². The van der Waals surface area contributed by atoms with Gasteiger partial charge in [-0.05, 0) is 25.3 Å². The summed E-state index contributed by atoms with van der Waals surface area (Å²) in [6.45, 7) is 5.31. The zero-order valence-corrected chi connectivity index (χ0v) is 12.4. The summed E-state index contributed by atoms with van der Waals surface area (Å²) in [4.78, 5) is 11.7. The molecule has 0 aliphatic rings. The number of ether oxygens (including phenoxy) is 2. The summed E-state index contributed by atoms with van der Waals surface area (Å²) in [5.41, 5.74) is 0.751. The van der Waals surface area contributed by atoms with Crippen molar-refractivity contribution in [3.8, 4) is 0 Å². The van der Waals surface area contributed by atoms with E-state index >= 15 is 0 Å². The van der Waals surface area contributed by atoms with E-state index in [4.69, 9.17) is 9.47 Å². The topological polar surface area (TPSA) is 55.8 Å². The van der Waals surface area contributed by atoms with Crippen molar-refractivity contribution in [3.05, 3.63) is 34.7 Å². The lowest BCUT2D eigenvalue weighted by atomic mass is 10.1. The number of hydrogen-bond acceptors (Lipinski definition) is 4. The van der Waals surface area contributed by atoms with Gasteiger partial charge in [-0.3, -0.25) is 0 Å². The van der Waals surface area contributed by atoms with E-state index in [2.05, 4.69) is 0 Å². The number of carbonyl (C=O) groups is 1. The van der Waals surface area contributed by atoms with Gasteiger partial charge in [0.05, 0.1) is 19.3 Å². The lowest BCUT2D eigenvalue weighted by Crippen LogP contribution is -2.16. The van der Waals surface area contributed by atoms with Crippen LogP contribution in [0.15, 0.2) is 24.3 Å². The van der Waals surface area contributed by atoms with Gasteiger partial charge in [-0.25, -0.2) is 4.79 Å². The zero-order valence-electron chi connectivity index (χ0n) is 11.6. The molecule has 0 radical (unpaired) electrons. The number of hydrogen-bond donors (Lipinski definition) is 1. The quantitative estimate of drug-likeness (QED) is 0.848. The highest BCUT2D eigenvalue weighted by Crippen LogP contribution is 2.32. The van der Waals surface area contributed by atoms with Crippen LogP contribution in [0.2, 0.25) is 0 Å². The van der Waals surface area contributed by atoms with E-state index in [0.717, 1.165) is 15.6 Å². The van der Waals surface area contributed by atoms with Crippen LogP contribution in [0.3, 0.4) is 0 Å². The molecule has 4 nitrogen and oxygen atoms in total. The van der Waals surface area contributed by atoms with Crippen LogP contribution in [-0.2, 0) is 16.1 Å². The van der Waals surface area contributed by atoms with Crippen molar-refractivity contribution in [1.82, 2.24) is 0 Å². The van der Waals surface area contributed by atoms with Crippen molar-refractivity contribution in [2.24, 2.45) is 0 Å². The van der Waals surface area contributed by atoms with Crippen molar-refractivity contribution in [2.45, 2.75) is 26.6 Å². The van der Waals surface area contributed by atoms with Crippen LogP contribution in [0, 0.1) is 0 Å². The summed E-state index contributed by atoms with van der Waals surface area (Å²) in [6, 6.07) is 7.68. The number of benzene rings is 1. The molecule has 1 unspecified atom stereocenters. The van der Waals surface area contributed by atoms with E-state index in [9.17, 15) is 9.90 Å². The molecular weight excluding hydrogens is 276 g/mol. The fraction of sp³-hybridized carbons (Fsp3) is 0.400. The smallest absolute Gasteiger partial charge is 0.346 e. The molecule has 108 valence electrons. The molecule has 0 spiro atoms. The summed E-state index contributed by atoms with van der Waals surface area (Å²) in [5.74, 6) is -0.901. The third-order valence-corrected chi connectivity index (χ3v) is 4.16. The van der Waals surface area contributed by atoms with Gasteiger partial charge in [0, 0.05) is 16.9 Å². The van der Waals surface area contributed by atoms with Crippen LogP contribution in [0.4, 0.5) is 0 Å². The highest BCUT2D eigenvalue weighted by atomic mass is 32.1. The molecule has 2 aromatic rings. The average Bonchev–Trinajstić information content (AvgIpc) is 2.82. The van der Waals surface area contributed by atoms with Gasteiger partial charge in [0.1, 0.15) is 4.88 Å². The Morgan fingerprint density at radius 3 is 2.85 bits per heavy atom. The van der Waals surface area contributed by atoms with Gasteiger partial charge in [-0.2, -0.15) is 0 Å². The van der Waals surface area contributed by atoms with Crippen molar-refractivity contribution >= 4 is 27.4 Å². The number of carboxylic acids is 1. The largest absolute Gasteiger partial charge is 0.477 e. The molecular formula is C15H18O4S. The molecule has 0 bridgehead atoms. The lowest BCUT2D eigenvalue weighted by molar-refractivity contribution is -0.0114. The zero-order chi connectivity index (χ0) is 14.5. The molecule has 0 amide bonds. The van der Waals surface area contributed by atoms with Crippen LogP contribution < -0.4 is 0 Å². The van der Waals surface area contributed by atoms with Gasteiger partial charge in [0.2, 0.25) is 0 Å². The maximum atomic E-state index is 11.3. The molecule has 2 rings (SSSR count). The minimum Gasteiger partial charge on any atom is -0.477 e. The Hall–Kier alpha value is -1.43. The van der Waals surface area contributed by atoms with Crippen LogP contribution in [0.1, 0.15) is 29.1 Å². The molecule has 1 heterocycles. The summed E-state index contributed by atoms with van der Waals surface area (Å²) < 4.78 is 12.0. The molecule has 20 heavy (non-hydrogen) atoms. The first kappa shape index (κ1) is 15.0. The highest BCUT2D eigenvalue weighted by Gasteiger charge is 2.18. The predicted octanol–water partition coefficient (Wildman–Crippen LogP) is 3.54. The Morgan fingerprint density at radius 2 is 2.15 bits per heavy atom. The standard InChI is InChI=1S/C15H18O4S/c1-3-18-8-10(2)19-9-12-11-6-4-5-7-13(11)20-14(12)15(16)17/h4-7,10H,3,8-9H2,1-2H3,(H,16,17). The number of fused-ring (bicyclic) bond motifs is 1. The third-order valence-electron chi connectivity index (χ3n) is 2.96. The van der Waals surface area contributed by atoms with Crippen molar-refractivity contribution in [3.63, 3.8) is 0 Å². The van der Waals surface area contributed by atoms with E-state index in [1.165, 1.54) is 11.3 Å². The molecule has 1 aromatic heterocycles. The predicted molar refractivity (Wildman–Crippen MR) is 79.5 cm³/mol. The van der Waals surface area contributed by atoms with Crippen LogP contribution >= 0.6 is 11.3 Å². The van der Waals surface area contributed by atoms with Crippen molar-refractivity contribution in [2.75, 3.05) is 13.2 Å². The maximum Gasteiger partial charge on any atom is 0.346 e. The molecule has 0 saturated heterocycles. The van der Waals surface area contributed by atoms with Gasteiger partial charge in [0.25, 0.3) is 0 Å². The Kier molecular flexibility index (Phi) is 5.11. The second-order valence-electron chi connectivity index (χ2n) is 4.49. The average molecular weight is 294 g/mol. The monoisotopic (exact) mass is 294 g/mol. The van der Waals surface area contributed by atoms with Gasteiger partial charge in [-0.1, -0.05) is 18.2 Å². The van der Waals surface area contributed by atoms with Crippen molar-refractivity contribution in [1.29, 1.82) is 0 Å². The first-order chi connectivity index (χ1) is 9.63. The van der Waals surface area contributed by atoms with Gasteiger partial charge in [-0.15, -0.1) is 11.3 Å². The van der Waals surface area contributed by atoms with E-state index in [0.29, 0.717) is 24.7 Å². The normalized spacial score (nSPS) is 12.7. The highest BCUT2D eigenvalue weighted by molar-refractivity contribution is 7.21. The minimum absolute atomic E-state index is 0.0599. The molecule has 0 aliphatic carbocycles. The molecule has 0 fully saturated rings. The Labute approximate surface area is 121 Å². The third kappa shape index (κ3) is 3.36. The van der Waals surface area contributed by atoms with Crippen molar-refractivity contribution < 1.29 is 19.4 Å². The van der Waals surface area contributed by atoms with Gasteiger partial charge >= 0.3 is 5.97 Å². The Morgan fingerprint density at radius 1 is 1.40 bits per heavy atom.